The molecule has 0 nitrogen and oxygen atoms in total. The smallest absolute Gasteiger partial charge is 0.0222 e. The van der Waals surface area contributed by atoms with E-state index in [2.05, 4.69) is 39.0 Å². The SMILES string of the molecule is [CH2]CC1=Cc2cc(CC)c(CC)cc2CC1. The van der Waals surface area contributed by atoms with Crippen LogP contribution in [0.3, 0.4) is 0 Å². The van der Waals surface area contributed by atoms with Crippen LogP contribution in [0.25, 0.3) is 6.08 Å². The van der Waals surface area contributed by atoms with E-state index in [0.717, 1.165) is 19.3 Å². The van der Waals surface area contributed by atoms with Crippen molar-refractivity contribution in [1.82, 2.24) is 0 Å². The lowest BCUT2D eigenvalue weighted by Gasteiger charge is -2.18. The second-order valence-electron chi connectivity index (χ2n) is 4.58. The fourth-order valence-corrected chi connectivity index (χ4v) is 2.55. The summed E-state index contributed by atoms with van der Waals surface area (Å²) in [6, 6.07) is 4.81. The second kappa shape index (κ2) is 4.86. The maximum absolute atomic E-state index is 3.99. The van der Waals surface area contributed by atoms with Crippen molar-refractivity contribution in [3.05, 3.63) is 46.9 Å². The Kier molecular flexibility index (Phi) is 3.48. The molecule has 0 heteroatoms. The number of fused-ring (bicyclic) bond motifs is 1. The Hall–Kier alpha value is -1.04. The van der Waals surface area contributed by atoms with E-state index in [0.29, 0.717) is 0 Å². The third-order valence-electron chi connectivity index (χ3n) is 3.62. The molecule has 1 aliphatic carbocycles. The van der Waals surface area contributed by atoms with Crippen LogP contribution in [0.15, 0.2) is 17.7 Å². The minimum Gasteiger partial charge on any atom is -0.0693 e. The Morgan fingerprint density at radius 1 is 1.06 bits per heavy atom. The molecule has 0 saturated heterocycles. The molecule has 85 valence electrons. The summed E-state index contributed by atoms with van der Waals surface area (Å²) < 4.78 is 0. The third-order valence-corrected chi connectivity index (χ3v) is 3.62. The predicted octanol–water partition coefficient (Wildman–Crippen LogP) is 4.37. The summed E-state index contributed by atoms with van der Waals surface area (Å²) in [5.41, 5.74) is 7.53. The van der Waals surface area contributed by atoms with Crippen LogP contribution >= 0.6 is 0 Å². The molecular formula is C16H21. The van der Waals surface area contributed by atoms with Crippen molar-refractivity contribution in [2.75, 3.05) is 0 Å². The number of allylic oxidation sites excluding steroid dienone is 1. The first-order valence-electron chi connectivity index (χ1n) is 6.41. The number of rotatable bonds is 3. The molecule has 1 aromatic carbocycles. The van der Waals surface area contributed by atoms with Crippen LogP contribution in [-0.4, -0.2) is 0 Å². The van der Waals surface area contributed by atoms with Gasteiger partial charge in [-0.05, 0) is 61.3 Å². The van der Waals surface area contributed by atoms with Crippen molar-refractivity contribution in [3.8, 4) is 0 Å². The molecule has 0 atom stereocenters. The summed E-state index contributed by atoms with van der Waals surface area (Å²) in [5.74, 6) is 0. The minimum absolute atomic E-state index is 0.955. The largest absolute Gasteiger partial charge is 0.0693 e. The summed E-state index contributed by atoms with van der Waals surface area (Å²) >= 11 is 0. The summed E-state index contributed by atoms with van der Waals surface area (Å²) in [7, 11) is 0. The number of hydrogen-bond acceptors (Lipinski definition) is 0. The fraction of sp³-hybridized carbons (Fsp3) is 0.438. The highest BCUT2D eigenvalue weighted by Gasteiger charge is 2.11. The van der Waals surface area contributed by atoms with Gasteiger partial charge in [-0.15, -0.1) is 0 Å². The van der Waals surface area contributed by atoms with Crippen LogP contribution < -0.4 is 0 Å². The molecule has 0 fully saturated rings. The molecule has 0 amide bonds. The van der Waals surface area contributed by atoms with Crippen LogP contribution in [0.5, 0.6) is 0 Å². The topological polar surface area (TPSA) is 0 Å². The average Bonchev–Trinajstić information content (AvgIpc) is 2.36. The first kappa shape index (κ1) is 11.4. The monoisotopic (exact) mass is 213 g/mol. The van der Waals surface area contributed by atoms with Crippen molar-refractivity contribution in [1.29, 1.82) is 0 Å². The van der Waals surface area contributed by atoms with Gasteiger partial charge in [0.25, 0.3) is 0 Å². The van der Waals surface area contributed by atoms with Gasteiger partial charge < -0.3 is 0 Å². The molecule has 16 heavy (non-hydrogen) atoms. The Morgan fingerprint density at radius 2 is 1.75 bits per heavy atom. The molecule has 0 aromatic heterocycles. The van der Waals surface area contributed by atoms with Crippen molar-refractivity contribution < 1.29 is 0 Å². The lowest BCUT2D eigenvalue weighted by atomic mass is 9.87. The Morgan fingerprint density at radius 3 is 2.38 bits per heavy atom. The van der Waals surface area contributed by atoms with Crippen molar-refractivity contribution >= 4 is 6.08 Å². The number of aryl methyl sites for hydroxylation is 3. The van der Waals surface area contributed by atoms with Crippen LogP contribution in [0.1, 0.15) is 48.9 Å². The molecule has 2 rings (SSSR count). The highest BCUT2D eigenvalue weighted by molar-refractivity contribution is 5.61. The van der Waals surface area contributed by atoms with E-state index in [-0.39, 0.29) is 0 Å². The van der Waals surface area contributed by atoms with Gasteiger partial charge in [-0.3, -0.25) is 0 Å². The van der Waals surface area contributed by atoms with Gasteiger partial charge in [0.2, 0.25) is 0 Å². The first-order chi connectivity index (χ1) is 7.78. The van der Waals surface area contributed by atoms with Gasteiger partial charge in [-0.25, -0.2) is 0 Å². The van der Waals surface area contributed by atoms with Crippen molar-refractivity contribution in [2.24, 2.45) is 0 Å². The molecule has 0 aliphatic heterocycles. The maximum Gasteiger partial charge on any atom is -0.0222 e. The Bertz CT molecular complexity index is 410. The summed E-state index contributed by atoms with van der Waals surface area (Å²) in [6.07, 6.45) is 8.01. The predicted molar refractivity (Wildman–Crippen MR) is 71.5 cm³/mol. The van der Waals surface area contributed by atoms with Gasteiger partial charge in [0.1, 0.15) is 0 Å². The van der Waals surface area contributed by atoms with E-state index in [9.17, 15) is 0 Å². The third kappa shape index (κ3) is 2.07. The fourth-order valence-electron chi connectivity index (χ4n) is 2.55. The quantitative estimate of drug-likeness (QED) is 0.699. The number of benzene rings is 1. The molecular weight excluding hydrogens is 192 g/mol. The normalized spacial score (nSPS) is 14.6. The van der Waals surface area contributed by atoms with Gasteiger partial charge in [0.05, 0.1) is 0 Å². The zero-order valence-electron chi connectivity index (χ0n) is 10.5. The number of hydrogen-bond donors (Lipinski definition) is 0. The maximum atomic E-state index is 3.99. The standard InChI is InChI=1S/C16H21/c1-4-12-7-8-15-10-13(5-2)14(6-3)11-16(15)9-12/h9-11H,1,4-8H2,2-3H3. The lowest BCUT2D eigenvalue weighted by molar-refractivity contribution is 0.889. The molecule has 0 saturated carbocycles. The zero-order valence-corrected chi connectivity index (χ0v) is 10.5. The van der Waals surface area contributed by atoms with E-state index in [1.54, 1.807) is 0 Å². The van der Waals surface area contributed by atoms with E-state index in [1.807, 2.05) is 0 Å². The van der Waals surface area contributed by atoms with E-state index >= 15 is 0 Å². The van der Waals surface area contributed by atoms with Crippen LogP contribution in [0, 0.1) is 6.92 Å². The van der Waals surface area contributed by atoms with E-state index in [1.165, 1.54) is 40.7 Å². The Labute approximate surface area is 99.4 Å². The van der Waals surface area contributed by atoms with Gasteiger partial charge in [-0.2, -0.15) is 0 Å². The lowest BCUT2D eigenvalue weighted by Crippen LogP contribution is -2.03. The minimum atomic E-state index is 0.955. The van der Waals surface area contributed by atoms with Crippen LogP contribution in [0.4, 0.5) is 0 Å². The zero-order chi connectivity index (χ0) is 11.5. The molecule has 0 N–H and O–H groups in total. The molecule has 0 heterocycles. The molecule has 1 aromatic rings. The van der Waals surface area contributed by atoms with Crippen LogP contribution in [0.2, 0.25) is 0 Å². The molecule has 0 bridgehead atoms. The molecule has 1 radical (unpaired) electrons. The highest BCUT2D eigenvalue weighted by Crippen LogP contribution is 2.28. The van der Waals surface area contributed by atoms with Crippen molar-refractivity contribution in [2.45, 2.75) is 46.0 Å². The van der Waals surface area contributed by atoms with E-state index < -0.39 is 0 Å². The summed E-state index contributed by atoms with van der Waals surface area (Å²) in [5, 5.41) is 0. The summed E-state index contributed by atoms with van der Waals surface area (Å²) in [4.78, 5) is 0. The van der Waals surface area contributed by atoms with Crippen molar-refractivity contribution in [3.63, 3.8) is 0 Å². The van der Waals surface area contributed by atoms with Gasteiger partial charge >= 0.3 is 0 Å². The van der Waals surface area contributed by atoms with Gasteiger partial charge in [0.15, 0.2) is 0 Å². The Balaban J connectivity index is 2.46. The second-order valence-corrected chi connectivity index (χ2v) is 4.58. The molecule has 0 unspecified atom stereocenters. The summed E-state index contributed by atoms with van der Waals surface area (Å²) in [6.45, 7) is 8.49. The average molecular weight is 213 g/mol. The van der Waals surface area contributed by atoms with E-state index in [4.69, 9.17) is 0 Å². The van der Waals surface area contributed by atoms with Gasteiger partial charge in [-0.1, -0.05) is 37.6 Å². The van der Waals surface area contributed by atoms with Gasteiger partial charge in [0, 0.05) is 0 Å². The van der Waals surface area contributed by atoms with Crippen LogP contribution in [-0.2, 0) is 19.3 Å². The first-order valence-corrected chi connectivity index (χ1v) is 6.41. The molecule has 0 spiro atoms. The highest BCUT2D eigenvalue weighted by atomic mass is 14.2. The molecule has 1 aliphatic rings.